The molecule has 4 rings (SSSR count). The van der Waals surface area contributed by atoms with Crippen LogP contribution in [0.5, 0.6) is 5.75 Å². The number of benzene rings is 2. The maximum absolute atomic E-state index is 12.9. The first-order chi connectivity index (χ1) is 13.2. The lowest BCUT2D eigenvalue weighted by Gasteiger charge is -2.46. The highest BCUT2D eigenvalue weighted by atomic mass is 16.5. The summed E-state index contributed by atoms with van der Waals surface area (Å²) in [5, 5.41) is 0. The molecule has 0 radical (unpaired) electrons. The van der Waals surface area contributed by atoms with Gasteiger partial charge in [-0.25, -0.2) is 0 Å². The predicted octanol–water partition coefficient (Wildman–Crippen LogP) is 3.49. The number of nitrogens with zero attached hydrogens (tertiary/aromatic N) is 1. The van der Waals surface area contributed by atoms with Crippen LogP contribution in [-0.2, 0) is 22.6 Å². The summed E-state index contributed by atoms with van der Waals surface area (Å²) in [6.45, 7) is 2.04. The molecule has 0 saturated carbocycles. The van der Waals surface area contributed by atoms with E-state index in [9.17, 15) is 4.79 Å². The first-order valence-electron chi connectivity index (χ1n) is 9.77. The second-order valence-electron chi connectivity index (χ2n) is 7.74. The Morgan fingerprint density at radius 1 is 1.04 bits per heavy atom. The third-order valence-electron chi connectivity index (χ3n) is 5.87. The van der Waals surface area contributed by atoms with Crippen molar-refractivity contribution in [1.82, 2.24) is 4.90 Å². The standard InChI is InChI=1S/C23H27NO3/c1-24-20-12-19(13-21(24)16-26-15-20)23(25)11-18-8-5-9-22(10-18)27-14-17-6-3-2-4-7-17/h2-10,19-21H,11-16H2,1H3. The SMILES string of the molecule is CN1C2COCC1CC(C(=O)Cc1cccc(OCc3ccccc3)c1)C2. The predicted molar refractivity (Wildman–Crippen MR) is 105 cm³/mol. The number of ether oxygens (including phenoxy) is 2. The minimum atomic E-state index is 0.147. The fraction of sp³-hybridized carbons (Fsp3) is 0.435. The summed E-state index contributed by atoms with van der Waals surface area (Å²) >= 11 is 0. The Hall–Kier alpha value is -2.17. The fourth-order valence-electron chi connectivity index (χ4n) is 4.19. The van der Waals surface area contributed by atoms with E-state index in [-0.39, 0.29) is 5.92 Å². The fourth-order valence-corrected chi connectivity index (χ4v) is 4.19. The van der Waals surface area contributed by atoms with Gasteiger partial charge in [-0.15, -0.1) is 0 Å². The first-order valence-corrected chi connectivity index (χ1v) is 9.77. The molecule has 0 amide bonds. The zero-order valence-corrected chi connectivity index (χ0v) is 15.8. The number of carbonyl (C=O) groups is 1. The molecule has 2 heterocycles. The van der Waals surface area contributed by atoms with Crippen molar-refractivity contribution in [1.29, 1.82) is 0 Å². The molecule has 2 fully saturated rings. The molecule has 0 aliphatic carbocycles. The topological polar surface area (TPSA) is 38.8 Å². The number of fused-ring (bicyclic) bond motifs is 2. The van der Waals surface area contributed by atoms with Crippen LogP contribution in [-0.4, -0.2) is 43.0 Å². The monoisotopic (exact) mass is 365 g/mol. The number of likely N-dealkylation sites (N-methyl/N-ethyl adjacent to an activating group) is 1. The van der Waals surface area contributed by atoms with Gasteiger partial charge in [0.25, 0.3) is 0 Å². The average molecular weight is 365 g/mol. The van der Waals surface area contributed by atoms with Crippen molar-refractivity contribution in [3.8, 4) is 5.75 Å². The van der Waals surface area contributed by atoms with Gasteiger partial charge in [0, 0.05) is 24.4 Å². The Labute approximate surface area is 161 Å². The second-order valence-corrected chi connectivity index (χ2v) is 7.74. The molecule has 4 heteroatoms. The number of rotatable bonds is 6. The quantitative estimate of drug-likeness (QED) is 0.786. The van der Waals surface area contributed by atoms with Gasteiger partial charge in [-0.2, -0.15) is 0 Å². The number of ketones is 1. The highest BCUT2D eigenvalue weighted by molar-refractivity contribution is 5.83. The van der Waals surface area contributed by atoms with E-state index in [1.807, 2.05) is 54.6 Å². The van der Waals surface area contributed by atoms with Crippen LogP contribution < -0.4 is 4.74 Å². The van der Waals surface area contributed by atoms with Gasteiger partial charge in [-0.1, -0.05) is 42.5 Å². The van der Waals surface area contributed by atoms with Crippen molar-refractivity contribution < 1.29 is 14.3 Å². The Balaban J connectivity index is 1.36. The van der Waals surface area contributed by atoms with Gasteiger partial charge in [0.05, 0.1) is 13.2 Å². The van der Waals surface area contributed by atoms with Crippen LogP contribution in [0, 0.1) is 5.92 Å². The molecule has 2 aromatic rings. The molecule has 2 aliphatic rings. The summed E-state index contributed by atoms with van der Waals surface area (Å²) in [7, 11) is 2.16. The van der Waals surface area contributed by atoms with Gasteiger partial charge in [0.2, 0.25) is 0 Å². The Kier molecular flexibility index (Phi) is 5.55. The van der Waals surface area contributed by atoms with Crippen LogP contribution >= 0.6 is 0 Å². The molecule has 2 saturated heterocycles. The maximum atomic E-state index is 12.9. The van der Waals surface area contributed by atoms with Crippen molar-refractivity contribution in [3.05, 3.63) is 65.7 Å². The first kappa shape index (κ1) is 18.2. The summed E-state index contributed by atoms with van der Waals surface area (Å²) in [6.07, 6.45) is 2.31. The molecule has 2 aromatic carbocycles. The van der Waals surface area contributed by atoms with Crippen molar-refractivity contribution in [2.24, 2.45) is 5.92 Å². The zero-order chi connectivity index (χ0) is 18.6. The average Bonchev–Trinajstić information content (AvgIpc) is 2.67. The molecule has 0 aromatic heterocycles. The van der Waals surface area contributed by atoms with E-state index in [1.54, 1.807) is 0 Å². The molecule has 4 nitrogen and oxygen atoms in total. The molecule has 0 N–H and O–H groups in total. The molecular formula is C23H27NO3. The van der Waals surface area contributed by atoms with Crippen LogP contribution in [0.1, 0.15) is 24.0 Å². The second kappa shape index (κ2) is 8.24. The lowest BCUT2D eigenvalue weighted by Crippen LogP contribution is -2.55. The van der Waals surface area contributed by atoms with Crippen LogP contribution in [0.4, 0.5) is 0 Å². The van der Waals surface area contributed by atoms with Crippen molar-refractivity contribution >= 4 is 5.78 Å². The third-order valence-corrected chi connectivity index (χ3v) is 5.87. The van der Waals surface area contributed by atoms with Gasteiger partial charge in [0.15, 0.2) is 0 Å². The van der Waals surface area contributed by atoms with Gasteiger partial charge >= 0.3 is 0 Å². The summed E-state index contributed by atoms with van der Waals surface area (Å²) in [5.41, 5.74) is 2.17. The minimum absolute atomic E-state index is 0.147. The van der Waals surface area contributed by atoms with Crippen molar-refractivity contribution in [2.45, 2.75) is 38.0 Å². The number of Topliss-reactive ketones (excluding diaryl/α,β-unsaturated/α-hetero) is 1. The van der Waals surface area contributed by atoms with Crippen molar-refractivity contribution in [3.63, 3.8) is 0 Å². The molecule has 2 unspecified atom stereocenters. The normalized spacial score (nSPS) is 25.1. The Morgan fingerprint density at radius 2 is 1.74 bits per heavy atom. The number of hydrogen-bond donors (Lipinski definition) is 0. The van der Waals surface area contributed by atoms with E-state index in [2.05, 4.69) is 11.9 Å². The van der Waals surface area contributed by atoms with Crippen LogP contribution in [0.2, 0.25) is 0 Å². The number of morpholine rings is 1. The summed E-state index contributed by atoms with van der Waals surface area (Å²) in [5.74, 6) is 1.31. The van der Waals surface area contributed by atoms with Gasteiger partial charge in [-0.05, 0) is 43.1 Å². The Morgan fingerprint density at radius 3 is 2.48 bits per heavy atom. The molecule has 142 valence electrons. The number of carbonyl (C=O) groups excluding carboxylic acids is 1. The molecule has 0 spiro atoms. The summed E-state index contributed by atoms with van der Waals surface area (Å²) < 4.78 is 11.6. The molecule has 2 aliphatic heterocycles. The van der Waals surface area contributed by atoms with Crippen molar-refractivity contribution in [2.75, 3.05) is 20.3 Å². The molecule has 2 atom stereocenters. The third kappa shape index (κ3) is 4.40. The lowest BCUT2D eigenvalue weighted by atomic mass is 9.81. The largest absolute Gasteiger partial charge is 0.489 e. The molecule has 2 bridgehead atoms. The summed E-state index contributed by atoms with van der Waals surface area (Å²) in [4.78, 5) is 15.3. The van der Waals surface area contributed by atoms with E-state index in [0.717, 1.165) is 42.9 Å². The zero-order valence-electron chi connectivity index (χ0n) is 15.8. The van der Waals surface area contributed by atoms with Gasteiger partial charge in [-0.3, -0.25) is 9.69 Å². The van der Waals surface area contributed by atoms with Gasteiger partial charge < -0.3 is 9.47 Å². The van der Waals surface area contributed by atoms with Crippen LogP contribution in [0.3, 0.4) is 0 Å². The highest BCUT2D eigenvalue weighted by Gasteiger charge is 2.39. The summed E-state index contributed by atoms with van der Waals surface area (Å²) in [6, 6.07) is 18.8. The number of piperidine rings is 1. The van der Waals surface area contributed by atoms with E-state index in [1.165, 1.54) is 0 Å². The van der Waals surface area contributed by atoms with Crippen LogP contribution in [0.15, 0.2) is 54.6 Å². The molecule has 27 heavy (non-hydrogen) atoms. The Bertz CT molecular complexity index is 762. The van der Waals surface area contributed by atoms with E-state index in [0.29, 0.717) is 30.9 Å². The van der Waals surface area contributed by atoms with Crippen LogP contribution in [0.25, 0.3) is 0 Å². The lowest BCUT2D eigenvalue weighted by molar-refractivity contribution is -0.130. The molecular weight excluding hydrogens is 338 g/mol. The maximum Gasteiger partial charge on any atom is 0.140 e. The van der Waals surface area contributed by atoms with E-state index < -0.39 is 0 Å². The van der Waals surface area contributed by atoms with Gasteiger partial charge in [0.1, 0.15) is 18.1 Å². The van der Waals surface area contributed by atoms with E-state index >= 15 is 0 Å². The highest BCUT2D eigenvalue weighted by Crippen LogP contribution is 2.31. The minimum Gasteiger partial charge on any atom is -0.489 e. The number of hydrogen-bond acceptors (Lipinski definition) is 4. The smallest absolute Gasteiger partial charge is 0.140 e. The van der Waals surface area contributed by atoms with E-state index in [4.69, 9.17) is 9.47 Å².